The first-order valence-corrected chi connectivity index (χ1v) is 8.30. The fourth-order valence-electron chi connectivity index (χ4n) is 1.90. The average Bonchev–Trinajstić information content (AvgIpc) is 2.52. The number of hydrogen-bond acceptors (Lipinski definition) is 4. The van der Waals surface area contributed by atoms with E-state index in [1.807, 2.05) is 6.92 Å². The number of anilines is 1. The minimum absolute atomic E-state index is 0.0421. The number of unbranched alkanes of at least 4 members (excludes halogenated alkanes) is 1. The number of carbonyl (C=O) groups excluding carboxylic acids is 2. The number of rotatable bonds is 10. The molecule has 0 saturated carbocycles. The van der Waals surface area contributed by atoms with Crippen LogP contribution < -0.4 is 10.6 Å². The molecule has 0 saturated heterocycles. The zero-order valence-electron chi connectivity index (χ0n) is 14.4. The molecule has 1 aromatic carbocycles. The third-order valence-corrected chi connectivity index (χ3v) is 3.22. The molecule has 0 heterocycles. The Hall–Kier alpha value is -1.88. The molecule has 5 heteroatoms. The van der Waals surface area contributed by atoms with Crippen LogP contribution in [0.25, 0.3) is 0 Å². The van der Waals surface area contributed by atoms with Gasteiger partial charge in [-0.25, -0.2) is 4.79 Å². The average molecular weight is 320 g/mol. The summed E-state index contributed by atoms with van der Waals surface area (Å²) in [7, 11) is 0. The van der Waals surface area contributed by atoms with Crippen LogP contribution in [0.1, 0.15) is 50.4 Å². The molecular formula is C18H28N2O3. The maximum atomic E-state index is 11.8. The first-order valence-electron chi connectivity index (χ1n) is 8.30. The lowest BCUT2D eigenvalue weighted by molar-refractivity contribution is -0.116. The second-order valence-electron chi connectivity index (χ2n) is 5.96. The summed E-state index contributed by atoms with van der Waals surface area (Å²) in [6.45, 7) is 8.30. The van der Waals surface area contributed by atoms with Crippen LogP contribution in [0, 0.1) is 5.92 Å². The minimum Gasteiger partial charge on any atom is -0.462 e. The normalized spacial score (nSPS) is 10.6. The van der Waals surface area contributed by atoms with Gasteiger partial charge in [-0.1, -0.05) is 27.2 Å². The lowest BCUT2D eigenvalue weighted by Gasteiger charge is -2.09. The van der Waals surface area contributed by atoms with Crippen LogP contribution in [0.15, 0.2) is 24.3 Å². The highest BCUT2D eigenvalue weighted by molar-refractivity contribution is 5.93. The van der Waals surface area contributed by atoms with Crippen LogP contribution in [0.4, 0.5) is 5.69 Å². The van der Waals surface area contributed by atoms with Gasteiger partial charge in [0.15, 0.2) is 0 Å². The molecule has 1 amide bonds. The van der Waals surface area contributed by atoms with E-state index in [0.29, 0.717) is 36.7 Å². The summed E-state index contributed by atoms with van der Waals surface area (Å²) in [6, 6.07) is 6.77. The molecule has 0 fully saturated rings. The molecule has 1 aromatic rings. The summed E-state index contributed by atoms with van der Waals surface area (Å²) in [5.41, 5.74) is 1.18. The van der Waals surface area contributed by atoms with Crippen molar-refractivity contribution in [3.8, 4) is 0 Å². The van der Waals surface area contributed by atoms with Crippen LogP contribution in [0.3, 0.4) is 0 Å². The molecule has 2 N–H and O–H groups in total. The Morgan fingerprint density at radius 1 is 1.17 bits per heavy atom. The number of esters is 1. The molecule has 1 rings (SSSR count). The van der Waals surface area contributed by atoms with Crippen molar-refractivity contribution < 1.29 is 14.3 Å². The second-order valence-corrected chi connectivity index (χ2v) is 5.96. The highest BCUT2D eigenvalue weighted by atomic mass is 16.5. The quantitative estimate of drug-likeness (QED) is 0.513. The van der Waals surface area contributed by atoms with E-state index in [0.717, 1.165) is 19.4 Å². The van der Waals surface area contributed by atoms with E-state index in [1.54, 1.807) is 24.3 Å². The van der Waals surface area contributed by atoms with Crippen molar-refractivity contribution in [3.05, 3.63) is 29.8 Å². The number of nitrogens with one attached hydrogen (secondary N) is 2. The van der Waals surface area contributed by atoms with Crippen molar-refractivity contribution in [1.82, 2.24) is 5.32 Å². The van der Waals surface area contributed by atoms with E-state index in [1.165, 1.54) is 0 Å². The minimum atomic E-state index is -0.325. The number of hydrogen-bond donors (Lipinski definition) is 2. The van der Waals surface area contributed by atoms with Crippen molar-refractivity contribution in [1.29, 1.82) is 0 Å². The van der Waals surface area contributed by atoms with E-state index in [-0.39, 0.29) is 11.9 Å². The van der Waals surface area contributed by atoms with E-state index in [9.17, 15) is 9.59 Å². The lowest BCUT2D eigenvalue weighted by Crippen LogP contribution is -2.24. The molecule has 5 nitrogen and oxygen atoms in total. The maximum absolute atomic E-state index is 11.8. The van der Waals surface area contributed by atoms with E-state index in [4.69, 9.17) is 4.74 Å². The molecule has 23 heavy (non-hydrogen) atoms. The predicted octanol–water partition coefficient (Wildman–Crippen LogP) is 3.22. The molecule has 0 aromatic heterocycles. The van der Waals surface area contributed by atoms with Gasteiger partial charge in [-0.3, -0.25) is 4.79 Å². The molecule has 128 valence electrons. The maximum Gasteiger partial charge on any atom is 0.338 e. The van der Waals surface area contributed by atoms with Crippen molar-refractivity contribution in [3.63, 3.8) is 0 Å². The second kappa shape index (κ2) is 10.8. The van der Waals surface area contributed by atoms with Gasteiger partial charge < -0.3 is 15.4 Å². The van der Waals surface area contributed by atoms with Crippen molar-refractivity contribution >= 4 is 17.6 Å². The highest BCUT2D eigenvalue weighted by Crippen LogP contribution is 2.11. The predicted molar refractivity (Wildman–Crippen MR) is 92.6 cm³/mol. The highest BCUT2D eigenvalue weighted by Gasteiger charge is 2.07. The van der Waals surface area contributed by atoms with Gasteiger partial charge in [0.2, 0.25) is 5.91 Å². The smallest absolute Gasteiger partial charge is 0.338 e. The van der Waals surface area contributed by atoms with Crippen molar-refractivity contribution in [2.45, 2.75) is 40.0 Å². The van der Waals surface area contributed by atoms with Crippen molar-refractivity contribution in [2.24, 2.45) is 5.92 Å². The van der Waals surface area contributed by atoms with Crippen LogP contribution in [-0.2, 0) is 9.53 Å². The summed E-state index contributed by atoms with van der Waals surface area (Å²) in [5, 5.41) is 6.05. The summed E-state index contributed by atoms with van der Waals surface area (Å²) < 4.78 is 5.14. The Morgan fingerprint density at radius 3 is 2.48 bits per heavy atom. The molecule has 0 radical (unpaired) electrons. The zero-order valence-corrected chi connectivity index (χ0v) is 14.4. The van der Waals surface area contributed by atoms with Crippen LogP contribution in [0.5, 0.6) is 0 Å². The van der Waals surface area contributed by atoms with Gasteiger partial charge in [-0.15, -0.1) is 0 Å². The first-order chi connectivity index (χ1) is 11.0. The van der Waals surface area contributed by atoms with Crippen LogP contribution >= 0.6 is 0 Å². The molecule has 0 atom stereocenters. The zero-order chi connectivity index (χ0) is 17.1. The Kier molecular flexibility index (Phi) is 8.98. The first kappa shape index (κ1) is 19.2. The molecule has 0 bridgehead atoms. The summed E-state index contributed by atoms with van der Waals surface area (Å²) >= 11 is 0. The van der Waals surface area contributed by atoms with Gasteiger partial charge in [0.05, 0.1) is 12.2 Å². The monoisotopic (exact) mass is 320 g/mol. The molecule has 0 spiro atoms. The van der Waals surface area contributed by atoms with E-state index in [2.05, 4.69) is 24.5 Å². The standard InChI is InChI=1S/C18H28N2O3/c1-4-5-12-23-18(22)15-6-8-16(9-7-15)20-17(21)10-11-19-13-14(2)3/h6-9,14,19H,4-5,10-13H2,1-3H3,(H,20,21). The fraction of sp³-hybridized carbons (Fsp3) is 0.556. The Bertz CT molecular complexity index is 484. The van der Waals surface area contributed by atoms with Gasteiger partial charge in [0.1, 0.15) is 0 Å². The summed E-state index contributed by atoms with van der Waals surface area (Å²) in [5.74, 6) is 0.205. The SMILES string of the molecule is CCCCOC(=O)c1ccc(NC(=O)CCNCC(C)C)cc1. The van der Waals surface area contributed by atoms with Gasteiger partial charge in [-0.05, 0) is 43.1 Å². The Morgan fingerprint density at radius 2 is 1.87 bits per heavy atom. The number of amides is 1. The number of benzene rings is 1. The molecule has 0 aliphatic carbocycles. The molecular weight excluding hydrogens is 292 g/mol. The number of carbonyl (C=O) groups is 2. The number of ether oxygens (including phenoxy) is 1. The van der Waals surface area contributed by atoms with Gasteiger partial charge in [-0.2, -0.15) is 0 Å². The third-order valence-electron chi connectivity index (χ3n) is 3.22. The van der Waals surface area contributed by atoms with Gasteiger partial charge >= 0.3 is 5.97 Å². The summed E-state index contributed by atoms with van der Waals surface area (Å²) in [4.78, 5) is 23.6. The topological polar surface area (TPSA) is 67.4 Å². The van der Waals surface area contributed by atoms with E-state index >= 15 is 0 Å². The van der Waals surface area contributed by atoms with Gasteiger partial charge in [0.25, 0.3) is 0 Å². The molecule has 0 aliphatic heterocycles. The summed E-state index contributed by atoms with van der Waals surface area (Å²) in [6.07, 6.45) is 2.28. The van der Waals surface area contributed by atoms with E-state index < -0.39 is 0 Å². The van der Waals surface area contributed by atoms with Crippen LogP contribution in [0.2, 0.25) is 0 Å². The van der Waals surface area contributed by atoms with Crippen LogP contribution in [-0.4, -0.2) is 31.6 Å². The van der Waals surface area contributed by atoms with Gasteiger partial charge in [0, 0.05) is 18.7 Å². The molecule has 0 aliphatic rings. The van der Waals surface area contributed by atoms with Crippen molar-refractivity contribution in [2.75, 3.05) is 25.0 Å². The Labute approximate surface area is 138 Å². The Balaban J connectivity index is 2.35. The third kappa shape index (κ3) is 8.35. The fourth-order valence-corrected chi connectivity index (χ4v) is 1.90. The lowest BCUT2D eigenvalue weighted by atomic mass is 10.2. The molecule has 0 unspecified atom stereocenters. The largest absolute Gasteiger partial charge is 0.462 e.